The predicted octanol–water partition coefficient (Wildman–Crippen LogP) is 2.09. The molecule has 1 unspecified atom stereocenters. The third kappa shape index (κ3) is 2.39. The summed E-state index contributed by atoms with van der Waals surface area (Å²) in [6.45, 7) is 6.10. The Morgan fingerprint density at radius 1 is 1.38 bits per heavy atom. The molecule has 76 valence electrons. The molecule has 13 heavy (non-hydrogen) atoms. The van der Waals surface area contributed by atoms with Crippen molar-refractivity contribution in [1.82, 2.24) is 4.90 Å². The summed E-state index contributed by atoms with van der Waals surface area (Å²) in [6.07, 6.45) is 3.51. The molecule has 1 amide bonds. The molecule has 0 N–H and O–H groups in total. The van der Waals surface area contributed by atoms with E-state index in [1.165, 1.54) is 6.42 Å². The van der Waals surface area contributed by atoms with Gasteiger partial charge in [-0.05, 0) is 40.0 Å². The fourth-order valence-electron chi connectivity index (χ4n) is 2.07. The Morgan fingerprint density at radius 2 is 1.85 bits per heavy atom. The highest BCUT2D eigenvalue weighted by molar-refractivity contribution is 7.81. The average Bonchev–Trinajstić information content (AvgIpc) is 2.03. The summed E-state index contributed by atoms with van der Waals surface area (Å²) in [7, 11) is 0. The second kappa shape index (κ2) is 4.36. The van der Waals surface area contributed by atoms with Gasteiger partial charge >= 0.3 is 0 Å². The van der Waals surface area contributed by atoms with Crippen molar-refractivity contribution in [3.8, 4) is 0 Å². The molecule has 0 saturated carbocycles. The standard InChI is InChI=1S/C10H19NOS/c1-7-5-4-6-8(2)11(7)10(12)9(3)13/h7-9,13H,4-6H2,1-3H3/t7-,8+,9?. The van der Waals surface area contributed by atoms with Crippen LogP contribution in [-0.2, 0) is 4.79 Å². The maximum atomic E-state index is 11.8. The molecule has 1 fully saturated rings. The molecular formula is C10H19NOS. The lowest BCUT2D eigenvalue weighted by molar-refractivity contribution is -0.136. The summed E-state index contributed by atoms with van der Waals surface area (Å²) >= 11 is 4.19. The molecule has 0 aromatic carbocycles. The van der Waals surface area contributed by atoms with Crippen LogP contribution in [-0.4, -0.2) is 28.1 Å². The molecule has 0 spiro atoms. The molecule has 3 heteroatoms. The second-order valence-electron chi connectivity index (χ2n) is 4.05. The number of nitrogens with zero attached hydrogens (tertiary/aromatic N) is 1. The van der Waals surface area contributed by atoms with Crippen LogP contribution in [0.2, 0.25) is 0 Å². The first-order valence-electron chi connectivity index (χ1n) is 5.04. The molecule has 0 aromatic heterocycles. The molecule has 0 aliphatic carbocycles. The van der Waals surface area contributed by atoms with Crippen molar-refractivity contribution in [2.24, 2.45) is 0 Å². The van der Waals surface area contributed by atoms with Gasteiger partial charge in [0.25, 0.3) is 0 Å². The Bertz CT molecular complexity index is 183. The molecular weight excluding hydrogens is 182 g/mol. The minimum Gasteiger partial charge on any atom is -0.336 e. The number of carbonyl (C=O) groups is 1. The van der Waals surface area contributed by atoms with Crippen LogP contribution in [0.15, 0.2) is 0 Å². The van der Waals surface area contributed by atoms with Gasteiger partial charge in [-0.2, -0.15) is 12.6 Å². The summed E-state index contributed by atoms with van der Waals surface area (Å²) in [4.78, 5) is 13.8. The topological polar surface area (TPSA) is 20.3 Å². The number of thiol groups is 1. The Balaban J connectivity index is 2.68. The van der Waals surface area contributed by atoms with E-state index in [9.17, 15) is 4.79 Å². The first-order chi connectivity index (χ1) is 6.04. The molecule has 0 radical (unpaired) electrons. The van der Waals surface area contributed by atoms with E-state index >= 15 is 0 Å². The Morgan fingerprint density at radius 3 is 2.23 bits per heavy atom. The summed E-state index contributed by atoms with van der Waals surface area (Å²) in [5.41, 5.74) is 0. The number of piperidine rings is 1. The van der Waals surface area contributed by atoms with Gasteiger partial charge in [-0.3, -0.25) is 4.79 Å². The van der Waals surface area contributed by atoms with Crippen molar-refractivity contribution in [1.29, 1.82) is 0 Å². The largest absolute Gasteiger partial charge is 0.336 e. The van der Waals surface area contributed by atoms with E-state index < -0.39 is 0 Å². The SMILES string of the molecule is CC(S)C(=O)N1[C@H](C)CCC[C@@H]1C. The summed E-state index contributed by atoms with van der Waals surface area (Å²) in [5, 5.41) is -0.164. The summed E-state index contributed by atoms with van der Waals surface area (Å²) in [6, 6.07) is 0.789. The third-order valence-corrected chi connectivity index (χ3v) is 3.03. The van der Waals surface area contributed by atoms with Crippen LogP contribution in [0.5, 0.6) is 0 Å². The zero-order chi connectivity index (χ0) is 10.0. The maximum Gasteiger partial charge on any atom is 0.235 e. The van der Waals surface area contributed by atoms with Gasteiger partial charge in [0.2, 0.25) is 5.91 Å². The van der Waals surface area contributed by atoms with E-state index in [0.717, 1.165) is 12.8 Å². The molecule has 1 aliphatic rings. The van der Waals surface area contributed by atoms with Crippen LogP contribution < -0.4 is 0 Å². The van der Waals surface area contributed by atoms with Crippen LogP contribution in [0.4, 0.5) is 0 Å². The second-order valence-corrected chi connectivity index (χ2v) is 4.83. The number of hydrogen-bond acceptors (Lipinski definition) is 2. The van der Waals surface area contributed by atoms with Gasteiger partial charge in [0, 0.05) is 12.1 Å². The van der Waals surface area contributed by atoms with Gasteiger partial charge in [0.15, 0.2) is 0 Å². The minimum absolute atomic E-state index is 0.164. The molecule has 1 aliphatic heterocycles. The zero-order valence-corrected chi connectivity index (χ0v) is 9.55. The molecule has 1 saturated heterocycles. The van der Waals surface area contributed by atoms with Crippen molar-refractivity contribution in [3.05, 3.63) is 0 Å². The molecule has 2 nitrogen and oxygen atoms in total. The van der Waals surface area contributed by atoms with Crippen LogP contribution in [0.25, 0.3) is 0 Å². The number of amides is 1. The number of carbonyl (C=O) groups excluding carboxylic acids is 1. The van der Waals surface area contributed by atoms with E-state index in [-0.39, 0.29) is 11.2 Å². The third-order valence-electron chi connectivity index (χ3n) is 2.81. The number of hydrogen-bond donors (Lipinski definition) is 1. The molecule has 1 rings (SSSR count). The number of rotatable bonds is 1. The number of likely N-dealkylation sites (tertiary alicyclic amines) is 1. The molecule has 0 aromatic rings. The first kappa shape index (κ1) is 10.9. The normalized spacial score (nSPS) is 31.5. The van der Waals surface area contributed by atoms with E-state index in [1.807, 2.05) is 11.8 Å². The molecule has 1 heterocycles. The Labute approximate surface area is 86.1 Å². The summed E-state index contributed by atoms with van der Waals surface area (Å²) in [5.74, 6) is 0.183. The fraction of sp³-hybridized carbons (Fsp3) is 0.900. The van der Waals surface area contributed by atoms with Gasteiger partial charge in [0.1, 0.15) is 0 Å². The molecule has 3 atom stereocenters. The zero-order valence-electron chi connectivity index (χ0n) is 8.66. The van der Waals surface area contributed by atoms with Crippen LogP contribution in [0.3, 0.4) is 0 Å². The fourth-order valence-corrected chi connectivity index (χ4v) is 2.20. The van der Waals surface area contributed by atoms with E-state index in [2.05, 4.69) is 26.5 Å². The minimum atomic E-state index is -0.164. The van der Waals surface area contributed by atoms with Gasteiger partial charge in [0.05, 0.1) is 5.25 Å². The van der Waals surface area contributed by atoms with Crippen LogP contribution >= 0.6 is 12.6 Å². The van der Waals surface area contributed by atoms with Crippen molar-refractivity contribution in [2.75, 3.05) is 0 Å². The van der Waals surface area contributed by atoms with Gasteiger partial charge in [-0.15, -0.1) is 0 Å². The first-order valence-corrected chi connectivity index (χ1v) is 5.56. The summed E-state index contributed by atoms with van der Waals surface area (Å²) < 4.78 is 0. The van der Waals surface area contributed by atoms with Gasteiger partial charge in [-0.25, -0.2) is 0 Å². The highest BCUT2D eigenvalue weighted by atomic mass is 32.1. The van der Waals surface area contributed by atoms with E-state index in [1.54, 1.807) is 0 Å². The van der Waals surface area contributed by atoms with Gasteiger partial charge in [-0.1, -0.05) is 0 Å². The lowest BCUT2D eigenvalue weighted by Gasteiger charge is -2.39. The Hall–Kier alpha value is -0.180. The van der Waals surface area contributed by atoms with Crippen molar-refractivity contribution in [2.45, 2.75) is 57.4 Å². The lowest BCUT2D eigenvalue weighted by Crippen LogP contribution is -2.49. The maximum absolute atomic E-state index is 11.8. The monoisotopic (exact) mass is 201 g/mol. The quantitative estimate of drug-likeness (QED) is 0.644. The lowest BCUT2D eigenvalue weighted by atomic mass is 9.97. The van der Waals surface area contributed by atoms with Crippen molar-refractivity contribution in [3.63, 3.8) is 0 Å². The van der Waals surface area contributed by atoms with E-state index in [4.69, 9.17) is 0 Å². The average molecular weight is 201 g/mol. The van der Waals surface area contributed by atoms with Crippen LogP contribution in [0, 0.1) is 0 Å². The van der Waals surface area contributed by atoms with Gasteiger partial charge < -0.3 is 4.90 Å². The Kier molecular flexibility index (Phi) is 3.65. The van der Waals surface area contributed by atoms with Crippen molar-refractivity contribution < 1.29 is 4.79 Å². The highest BCUT2D eigenvalue weighted by Gasteiger charge is 2.30. The van der Waals surface area contributed by atoms with Crippen LogP contribution in [0.1, 0.15) is 40.0 Å². The van der Waals surface area contributed by atoms with E-state index in [0.29, 0.717) is 12.1 Å². The molecule has 0 bridgehead atoms. The van der Waals surface area contributed by atoms with Crippen molar-refractivity contribution >= 4 is 18.5 Å². The smallest absolute Gasteiger partial charge is 0.235 e. The highest BCUT2D eigenvalue weighted by Crippen LogP contribution is 2.23. The predicted molar refractivity (Wildman–Crippen MR) is 58.1 cm³/mol.